The van der Waals surface area contributed by atoms with Gasteiger partial charge in [-0.2, -0.15) is 0 Å². The Balaban J connectivity index is 0. The number of hydrogen-bond acceptors (Lipinski definition) is 3. The highest BCUT2D eigenvalue weighted by Gasteiger charge is 1.34. The van der Waals surface area contributed by atoms with Gasteiger partial charge in [0.15, 0.2) is 0 Å². The molecule has 0 heterocycles. The van der Waals surface area contributed by atoms with Crippen molar-refractivity contribution in [2.75, 3.05) is 6.61 Å². The minimum absolute atomic E-state index is 0.250. The summed E-state index contributed by atoms with van der Waals surface area (Å²) >= 11 is 3.03. The Kier molecular flexibility index (Phi) is 50.9. The van der Waals surface area contributed by atoms with Gasteiger partial charge in [0.1, 0.15) is 0 Å². The molecule has 3 N–H and O–H groups in total. The third kappa shape index (κ3) is 302. The molecule has 3 heteroatoms. The molecule has 0 amide bonds. The van der Waals surface area contributed by atoms with Gasteiger partial charge >= 0.3 is 0 Å². The first-order valence-electron chi connectivity index (χ1n) is 1.28. The summed E-state index contributed by atoms with van der Waals surface area (Å²) in [6.45, 7) is 1.93. The molecule has 0 spiro atoms. The summed E-state index contributed by atoms with van der Waals surface area (Å²) in [5, 5.41) is 11.8. The molecule has 0 saturated heterocycles. The fourth-order valence-corrected chi connectivity index (χ4v) is 0. The lowest BCUT2D eigenvalue weighted by atomic mass is 10.9. The van der Waals surface area contributed by atoms with Crippen molar-refractivity contribution in [1.29, 1.82) is 0 Å². The second-order valence-electron chi connectivity index (χ2n) is 0.316. The summed E-state index contributed by atoms with van der Waals surface area (Å²) in [5.41, 5.74) is 0. The Morgan fingerprint density at radius 2 is 1.80 bits per heavy atom. The Hall–Kier alpha value is 0.270. The van der Waals surface area contributed by atoms with Crippen LogP contribution in [0.15, 0.2) is 0 Å². The summed E-state index contributed by atoms with van der Waals surface area (Å²) in [7, 11) is 0. The van der Waals surface area contributed by atoms with E-state index in [1.54, 1.807) is 6.92 Å². The van der Waals surface area contributed by atoms with E-state index in [-0.39, 0.29) is 6.61 Å². The van der Waals surface area contributed by atoms with Crippen LogP contribution in [0.4, 0.5) is 0 Å². The quantitative estimate of drug-likeness (QED) is 0.364. The standard InChI is InChI=1S/C2H6O.H3NS/c1-2-3;1-2/h3H,2H2,1H3;2H,1H2. The second kappa shape index (κ2) is 28.3. The zero-order chi connectivity index (χ0) is 4.71. The molecule has 0 aromatic rings. The molecule has 0 aliphatic heterocycles. The Labute approximate surface area is 37.5 Å². The van der Waals surface area contributed by atoms with Gasteiger partial charge in [0.05, 0.1) is 0 Å². The van der Waals surface area contributed by atoms with Crippen LogP contribution in [-0.2, 0) is 0 Å². The first-order valence-corrected chi connectivity index (χ1v) is 1.80. The molecule has 2 nitrogen and oxygen atoms in total. The molecule has 0 radical (unpaired) electrons. The fraction of sp³-hybridized carbons (Fsp3) is 1.00. The first-order chi connectivity index (χ1) is 2.41. The molecule has 0 bridgehead atoms. The van der Waals surface area contributed by atoms with Crippen LogP contribution >= 0.6 is 12.8 Å². The van der Waals surface area contributed by atoms with Gasteiger partial charge in [-0.25, -0.2) is 0 Å². The maximum absolute atomic E-state index is 7.57. The normalized spacial score (nSPS) is 4.80. The number of rotatable bonds is 0. The van der Waals surface area contributed by atoms with E-state index in [9.17, 15) is 0 Å². The van der Waals surface area contributed by atoms with Crippen molar-refractivity contribution in [1.82, 2.24) is 0 Å². The lowest BCUT2D eigenvalue weighted by Gasteiger charge is -1.52. The predicted molar refractivity (Wildman–Crippen MR) is 25.9 cm³/mol. The topological polar surface area (TPSA) is 46.2 Å². The summed E-state index contributed by atoms with van der Waals surface area (Å²) in [6.07, 6.45) is 0. The largest absolute Gasteiger partial charge is 0.397 e. The molecule has 0 unspecified atom stereocenters. The Morgan fingerprint density at radius 3 is 1.80 bits per heavy atom. The van der Waals surface area contributed by atoms with E-state index >= 15 is 0 Å². The lowest BCUT2D eigenvalue weighted by Crippen LogP contribution is -1.57. The zero-order valence-electron chi connectivity index (χ0n) is 3.18. The van der Waals surface area contributed by atoms with Crippen molar-refractivity contribution >= 4 is 12.8 Å². The van der Waals surface area contributed by atoms with Crippen LogP contribution in [0.1, 0.15) is 6.92 Å². The molecular formula is C2H9NOS. The minimum Gasteiger partial charge on any atom is -0.397 e. The molecule has 0 atom stereocenters. The maximum atomic E-state index is 7.57. The lowest BCUT2D eigenvalue weighted by molar-refractivity contribution is 0.318. The van der Waals surface area contributed by atoms with Crippen molar-refractivity contribution in [3.63, 3.8) is 0 Å². The van der Waals surface area contributed by atoms with Crippen molar-refractivity contribution in [3.05, 3.63) is 0 Å². The number of nitrogens with two attached hydrogens (primary N) is 1. The molecule has 0 aromatic heterocycles. The van der Waals surface area contributed by atoms with Gasteiger partial charge in [0.2, 0.25) is 0 Å². The smallest absolute Gasteiger partial charge is 0.0402 e. The third-order valence-corrected chi connectivity index (χ3v) is 0. The highest BCUT2D eigenvalue weighted by atomic mass is 32.1. The van der Waals surface area contributed by atoms with Crippen LogP contribution in [0.5, 0.6) is 0 Å². The highest BCUT2D eigenvalue weighted by molar-refractivity contribution is 7.77. The van der Waals surface area contributed by atoms with Gasteiger partial charge in [-0.1, -0.05) is 0 Å². The number of thiol groups is 1. The van der Waals surface area contributed by atoms with Crippen LogP contribution in [0.2, 0.25) is 0 Å². The molecule has 0 fully saturated rings. The molecular weight excluding hydrogens is 86.1 g/mol. The monoisotopic (exact) mass is 95.0 g/mol. The fourth-order valence-electron chi connectivity index (χ4n) is 0. The van der Waals surface area contributed by atoms with Crippen molar-refractivity contribution in [2.45, 2.75) is 6.92 Å². The SMILES string of the molecule is CCO.NS. The average Bonchev–Trinajstić information content (AvgIpc) is 1.46. The van der Waals surface area contributed by atoms with Crippen molar-refractivity contribution in [2.24, 2.45) is 5.14 Å². The zero-order valence-corrected chi connectivity index (χ0v) is 4.07. The number of aliphatic hydroxyl groups excluding tert-OH is 1. The van der Waals surface area contributed by atoms with E-state index in [0.29, 0.717) is 0 Å². The average molecular weight is 95.2 g/mol. The van der Waals surface area contributed by atoms with Crippen molar-refractivity contribution < 1.29 is 5.11 Å². The maximum Gasteiger partial charge on any atom is 0.0402 e. The summed E-state index contributed by atoms with van der Waals surface area (Å²) in [4.78, 5) is 0. The van der Waals surface area contributed by atoms with Crippen LogP contribution in [-0.4, -0.2) is 11.7 Å². The molecule has 0 rings (SSSR count). The van der Waals surface area contributed by atoms with E-state index in [4.69, 9.17) is 5.11 Å². The van der Waals surface area contributed by atoms with E-state index in [2.05, 4.69) is 18.0 Å². The first kappa shape index (κ1) is 8.99. The van der Waals surface area contributed by atoms with Crippen LogP contribution < -0.4 is 5.14 Å². The Morgan fingerprint density at radius 1 is 1.80 bits per heavy atom. The van der Waals surface area contributed by atoms with E-state index < -0.39 is 0 Å². The van der Waals surface area contributed by atoms with Crippen LogP contribution in [0.25, 0.3) is 0 Å². The van der Waals surface area contributed by atoms with Crippen molar-refractivity contribution in [3.8, 4) is 0 Å². The molecule has 0 aromatic carbocycles. The third-order valence-electron chi connectivity index (χ3n) is 0. The Bertz CT molecular complexity index is 9.61. The molecule has 34 valence electrons. The summed E-state index contributed by atoms with van der Waals surface area (Å²) in [6, 6.07) is 0. The molecule has 5 heavy (non-hydrogen) atoms. The molecule has 0 aliphatic carbocycles. The predicted octanol–water partition coefficient (Wildman–Crippen LogP) is -0.211. The van der Waals surface area contributed by atoms with Gasteiger partial charge in [-0.3, -0.25) is 5.14 Å². The van der Waals surface area contributed by atoms with E-state index in [0.717, 1.165) is 0 Å². The summed E-state index contributed by atoms with van der Waals surface area (Å²) < 4.78 is 0. The van der Waals surface area contributed by atoms with Crippen LogP contribution in [0.3, 0.4) is 0 Å². The number of hydrogen-bond donors (Lipinski definition) is 3. The molecule has 0 aliphatic rings. The second-order valence-corrected chi connectivity index (χ2v) is 0.316. The number of aliphatic hydroxyl groups is 1. The molecule has 0 saturated carbocycles. The summed E-state index contributed by atoms with van der Waals surface area (Å²) in [5.74, 6) is 0. The van der Waals surface area contributed by atoms with Gasteiger partial charge < -0.3 is 5.11 Å². The minimum atomic E-state index is 0.250. The van der Waals surface area contributed by atoms with Gasteiger partial charge in [0, 0.05) is 6.61 Å². The van der Waals surface area contributed by atoms with Crippen LogP contribution in [0, 0.1) is 0 Å². The highest BCUT2D eigenvalue weighted by Crippen LogP contribution is 1.30. The van der Waals surface area contributed by atoms with E-state index in [1.165, 1.54) is 0 Å². The van der Waals surface area contributed by atoms with E-state index in [1.807, 2.05) is 0 Å². The van der Waals surface area contributed by atoms with Gasteiger partial charge in [-0.05, 0) is 6.92 Å². The van der Waals surface area contributed by atoms with Gasteiger partial charge in [-0.15, -0.1) is 12.8 Å². The van der Waals surface area contributed by atoms with Gasteiger partial charge in [0.25, 0.3) is 0 Å².